The Labute approximate surface area is 117 Å². The third-order valence-electron chi connectivity index (χ3n) is 2.86. The maximum absolute atomic E-state index is 13.3. The smallest absolute Gasteiger partial charge is 0.127 e. The summed E-state index contributed by atoms with van der Waals surface area (Å²) in [5.41, 5.74) is 7.82. The Morgan fingerprint density at radius 1 is 1.21 bits per heavy atom. The van der Waals surface area contributed by atoms with E-state index < -0.39 is 0 Å². The van der Waals surface area contributed by atoms with Crippen LogP contribution in [0, 0.1) is 12.7 Å². The molecule has 0 unspecified atom stereocenters. The predicted octanol–water partition coefficient (Wildman–Crippen LogP) is 3.83. The topological polar surface area (TPSA) is 35.2 Å². The molecule has 2 rings (SSSR count). The molecule has 0 aliphatic rings. The fourth-order valence-electron chi connectivity index (χ4n) is 1.81. The van der Waals surface area contributed by atoms with Crippen molar-refractivity contribution in [1.29, 1.82) is 0 Å². The van der Waals surface area contributed by atoms with E-state index in [2.05, 4.69) is 0 Å². The van der Waals surface area contributed by atoms with Crippen molar-refractivity contribution >= 4 is 11.6 Å². The lowest BCUT2D eigenvalue weighted by atomic mass is 10.1. The quantitative estimate of drug-likeness (QED) is 0.923. The number of aryl methyl sites for hydroxylation is 1. The summed E-state index contributed by atoms with van der Waals surface area (Å²) in [7, 11) is 0. The van der Waals surface area contributed by atoms with Crippen molar-refractivity contribution in [2.24, 2.45) is 5.73 Å². The fourth-order valence-corrected chi connectivity index (χ4v) is 2.04. The lowest BCUT2D eigenvalue weighted by Gasteiger charge is -2.10. The highest BCUT2D eigenvalue weighted by molar-refractivity contribution is 6.30. The Balaban J connectivity index is 2.10. The van der Waals surface area contributed by atoms with Crippen LogP contribution in [0.4, 0.5) is 4.39 Å². The van der Waals surface area contributed by atoms with Gasteiger partial charge in [-0.1, -0.05) is 17.7 Å². The van der Waals surface area contributed by atoms with Gasteiger partial charge < -0.3 is 10.5 Å². The Hall–Kier alpha value is -1.58. The van der Waals surface area contributed by atoms with Crippen LogP contribution in [0.15, 0.2) is 36.4 Å². The summed E-state index contributed by atoms with van der Waals surface area (Å²) in [6.45, 7) is 2.48. The van der Waals surface area contributed by atoms with E-state index in [1.807, 2.05) is 19.1 Å². The maximum Gasteiger partial charge on any atom is 0.127 e. The van der Waals surface area contributed by atoms with Gasteiger partial charge in [-0.3, -0.25) is 0 Å². The third kappa shape index (κ3) is 3.46. The Morgan fingerprint density at radius 2 is 2.00 bits per heavy atom. The van der Waals surface area contributed by atoms with Gasteiger partial charge in [0.05, 0.1) is 0 Å². The average Bonchev–Trinajstić information content (AvgIpc) is 2.39. The van der Waals surface area contributed by atoms with Gasteiger partial charge in [-0.25, -0.2) is 4.39 Å². The molecule has 0 aliphatic carbocycles. The van der Waals surface area contributed by atoms with Crippen molar-refractivity contribution in [3.63, 3.8) is 0 Å². The highest BCUT2D eigenvalue weighted by Gasteiger charge is 2.04. The number of rotatable bonds is 4. The number of nitrogens with two attached hydrogens (primary N) is 1. The molecule has 0 aliphatic heterocycles. The van der Waals surface area contributed by atoms with Gasteiger partial charge in [-0.15, -0.1) is 0 Å². The number of hydrogen-bond acceptors (Lipinski definition) is 2. The SMILES string of the molecule is Cc1cc(Cl)ccc1OCc1ccc(F)c(CN)c1. The Bertz CT molecular complexity index is 586. The molecule has 2 aromatic carbocycles. The molecule has 0 bridgehead atoms. The van der Waals surface area contributed by atoms with Gasteiger partial charge in [0.25, 0.3) is 0 Å². The van der Waals surface area contributed by atoms with E-state index >= 15 is 0 Å². The van der Waals surface area contributed by atoms with E-state index in [9.17, 15) is 4.39 Å². The highest BCUT2D eigenvalue weighted by atomic mass is 35.5. The van der Waals surface area contributed by atoms with Crippen LogP contribution in [-0.4, -0.2) is 0 Å². The van der Waals surface area contributed by atoms with Gasteiger partial charge in [-0.2, -0.15) is 0 Å². The summed E-state index contributed by atoms with van der Waals surface area (Å²) in [4.78, 5) is 0. The first-order valence-corrected chi connectivity index (χ1v) is 6.34. The van der Waals surface area contributed by atoms with Crippen LogP contribution in [0.3, 0.4) is 0 Å². The summed E-state index contributed by atoms with van der Waals surface area (Å²) >= 11 is 5.88. The number of halogens is 2. The van der Waals surface area contributed by atoms with Crippen LogP contribution < -0.4 is 10.5 Å². The van der Waals surface area contributed by atoms with Gasteiger partial charge in [0, 0.05) is 17.1 Å². The summed E-state index contributed by atoms with van der Waals surface area (Å²) < 4.78 is 19.0. The number of benzene rings is 2. The zero-order chi connectivity index (χ0) is 13.8. The molecule has 2 nitrogen and oxygen atoms in total. The molecule has 4 heteroatoms. The van der Waals surface area contributed by atoms with Crippen LogP contribution in [-0.2, 0) is 13.2 Å². The second-order valence-electron chi connectivity index (χ2n) is 4.33. The summed E-state index contributed by atoms with van der Waals surface area (Å²) in [5, 5.41) is 0.678. The zero-order valence-corrected chi connectivity index (χ0v) is 11.4. The van der Waals surface area contributed by atoms with E-state index in [0.29, 0.717) is 17.2 Å². The summed E-state index contributed by atoms with van der Waals surface area (Å²) in [5.74, 6) is 0.483. The molecule has 0 fully saturated rings. The normalized spacial score (nSPS) is 10.5. The predicted molar refractivity (Wildman–Crippen MR) is 74.8 cm³/mol. The monoisotopic (exact) mass is 279 g/mol. The minimum absolute atomic E-state index is 0.180. The lowest BCUT2D eigenvalue weighted by molar-refractivity contribution is 0.304. The van der Waals surface area contributed by atoms with Crippen LogP contribution >= 0.6 is 11.6 Å². The summed E-state index contributed by atoms with van der Waals surface area (Å²) in [6, 6.07) is 10.3. The van der Waals surface area contributed by atoms with Crippen molar-refractivity contribution in [3.05, 3.63) is 63.9 Å². The van der Waals surface area contributed by atoms with Gasteiger partial charge in [0.2, 0.25) is 0 Å². The largest absolute Gasteiger partial charge is 0.489 e. The van der Waals surface area contributed by atoms with E-state index in [1.165, 1.54) is 6.07 Å². The van der Waals surface area contributed by atoms with E-state index in [4.69, 9.17) is 22.1 Å². The Morgan fingerprint density at radius 3 is 2.68 bits per heavy atom. The van der Waals surface area contributed by atoms with E-state index in [0.717, 1.165) is 16.9 Å². The van der Waals surface area contributed by atoms with Crippen molar-refractivity contribution in [2.45, 2.75) is 20.1 Å². The minimum atomic E-state index is -0.283. The number of ether oxygens (including phenoxy) is 1. The molecule has 2 N–H and O–H groups in total. The zero-order valence-electron chi connectivity index (χ0n) is 10.6. The molecular formula is C15H15ClFNO. The molecule has 0 spiro atoms. The molecule has 0 saturated carbocycles. The summed E-state index contributed by atoms with van der Waals surface area (Å²) in [6.07, 6.45) is 0. The standard InChI is InChI=1S/C15H15ClFNO/c1-10-6-13(16)3-5-15(10)19-9-11-2-4-14(17)12(7-11)8-18/h2-7H,8-9,18H2,1H3. The van der Waals surface area contributed by atoms with Crippen molar-refractivity contribution < 1.29 is 9.13 Å². The molecule has 19 heavy (non-hydrogen) atoms. The fraction of sp³-hybridized carbons (Fsp3) is 0.200. The molecule has 0 heterocycles. The van der Waals surface area contributed by atoms with Gasteiger partial charge in [0.1, 0.15) is 18.2 Å². The molecule has 0 aromatic heterocycles. The third-order valence-corrected chi connectivity index (χ3v) is 3.10. The highest BCUT2D eigenvalue weighted by Crippen LogP contribution is 2.23. The first kappa shape index (κ1) is 13.8. The van der Waals surface area contributed by atoms with Crippen molar-refractivity contribution in [3.8, 4) is 5.75 Å². The van der Waals surface area contributed by atoms with Crippen LogP contribution in [0.5, 0.6) is 5.75 Å². The van der Waals surface area contributed by atoms with Crippen molar-refractivity contribution in [1.82, 2.24) is 0 Å². The van der Waals surface area contributed by atoms with Crippen LogP contribution in [0.1, 0.15) is 16.7 Å². The first-order chi connectivity index (χ1) is 9.10. The average molecular weight is 280 g/mol. The van der Waals surface area contributed by atoms with Crippen LogP contribution in [0.2, 0.25) is 5.02 Å². The molecule has 0 atom stereocenters. The molecule has 0 amide bonds. The van der Waals surface area contributed by atoms with Gasteiger partial charge >= 0.3 is 0 Å². The van der Waals surface area contributed by atoms with Crippen LogP contribution in [0.25, 0.3) is 0 Å². The number of hydrogen-bond donors (Lipinski definition) is 1. The second-order valence-corrected chi connectivity index (χ2v) is 4.76. The second kappa shape index (κ2) is 6.04. The van der Waals surface area contributed by atoms with Gasteiger partial charge in [0.15, 0.2) is 0 Å². The molecule has 0 radical (unpaired) electrons. The van der Waals surface area contributed by atoms with Crippen molar-refractivity contribution in [2.75, 3.05) is 0 Å². The maximum atomic E-state index is 13.3. The lowest BCUT2D eigenvalue weighted by Crippen LogP contribution is -2.03. The first-order valence-electron chi connectivity index (χ1n) is 5.96. The molecular weight excluding hydrogens is 265 g/mol. The molecule has 2 aromatic rings. The molecule has 100 valence electrons. The van der Waals surface area contributed by atoms with E-state index in [1.54, 1.807) is 18.2 Å². The van der Waals surface area contributed by atoms with E-state index in [-0.39, 0.29) is 12.4 Å². The molecule has 0 saturated heterocycles. The Kier molecular flexibility index (Phi) is 4.40. The van der Waals surface area contributed by atoms with Gasteiger partial charge in [-0.05, 0) is 48.4 Å². The minimum Gasteiger partial charge on any atom is -0.489 e.